The van der Waals surface area contributed by atoms with Crippen molar-refractivity contribution in [2.45, 2.75) is 25.2 Å². The van der Waals surface area contributed by atoms with Crippen LogP contribution in [-0.2, 0) is 6.42 Å². The third-order valence-corrected chi connectivity index (χ3v) is 3.77. The van der Waals surface area contributed by atoms with Crippen LogP contribution in [0.15, 0.2) is 24.3 Å². The number of rotatable bonds is 3. The molecule has 0 aliphatic carbocycles. The number of thiol groups is 1. The average molecular weight is 235 g/mol. The lowest BCUT2D eigenvalue weighted by Crippen LogP contribution is -2.29. The van der Waals surface area contributed by atoms with Crippen LogP contribution in [0.25, 0.3) is 0 Å². The molecule has 0 amide bonds. The van der Waals surface area contributed by atoms with Crippen molar-refractivity contribution in [1.29, 1.82) is 0 Å². The van der Waals surface area contributed by atoms with E-state index in [9.17, 15) is 0 Å². The van der Waals surface area contributed by atoms with Crippen LogP contribution in [0.5, 0.6) is 0 Å². The zero-order chi connectivity index (χ0) is 11.4. The van der Waals surface area contributed by atoms with Gasteiger partial charge >= 0.3 is 0 Å². The van der Waals surface area contributed by atoms with E-state index in [0.717, 1.165) is 18.1 Å². The van der Waals surface area contributed by atoms with E-state index in [1.807, 2.05) is 0 Å². The highest BCUT2D eigenvalue weighted by Gasteiger charge is 2.18. The van der Waals surface area contributed by atoms with Crippen LogP contribution in [-0.4, -0.2) is 30.8 Å². The van der Waals surface area contributed by atoms with Gasteiger partial charge in [-0.05, 0) is 62.2 Å². The van der Waals surface area contributed by atoms with Gasteiger partial charge in [0, 0.05) is 0 Å². The maximum absolute atomic E-state index is 4.30. The summed E-state index contributed by atoms with van der Waals surface area (Å²) in [5, 5.41) is 0. The van der Waals surface area contributed by atoms with Gasteiger partial charge in [-0.15, -0.1) is 0 Å². The third-order valence-electron chi connectivity index (χ3n) is 3.54. The van der Waals surface area contributed by atoms with Crippen molar-refractivity contribution >= 4 is 12.6 Å². The zero-order valence-electron chi connectivity index (χ0n) is 10.0. The lowest BCUT2D eigenvalue weighted by Gasteiger charge is -2.29. The van der Waals surface area contributed by atoms with E-state index in [1.165, 1.54) is 37.1 Å². The minimum Gasteiger partial charge on any atom is -0.306 e. The summed E-state index contributed by atoms with van der Waals surface area (Å²) in [5.41, 5.74) is 2.97. The van der Waals surface area contributed by atoms with E-state index in [-0.39, 0.29) is 0 Å². The number of benzene rings is 1. The second-order valence-corrected chi connectivity index (χ2v) is 5.24. The molecule has 0 unspecified atom stereocenters. The molecule has 16 heavy (non-hydrogen) atoms. The predicted octanol–water partition coefficient (Wildman–Crippen LogP) is 2.97. The fourth-order valence-corrected chi connectivity index (χ4v) is 2.73. The molecule has 1 aromatic carbocycles. The standard InChI is InChI=1S/C14H21NS/c1-15-8-5-13(6-9-15)14-4-2-3-12(11-14)7-10-16/h2-4,11,13,16H,5-10H2,1H3. The van der Waals surface area contributed by atoms with Crippen molar-refractivity contribution in [3.63, 3.8) is 0 Å². The summed E-state index contributed by atoms with van der Waals surface area (Å²) in [4.78, 5) is 2.42. The van der Waals surface area contributed by atoms with Crippen molar-refractivity contribution in [3.05, 3.63) is 35.4 Å². The first-order valence-corrected chi connectivity index (χ1v) is 6.81. The van der Waals surface area contributed by atoms with Crippen LogP contribution in [0.3, 0.4) is 0 Å². The van der Waals surface area contributed by atoms with Crippen LogP contribution < -0.4 is 0 Å². The van der Waals surface area contributed by atoms with Crippen LogP contribution in [0.4, 0.5) is 0 Å². The van der Waals surface area contributed by atoms with Gasteiger partial charge in [0.2, 0.25) is 0 Å². The Morgan fingerprint density at radius 3 is 2.75 bits per heavy atom. The predicted molar refractivity (Wildman–Crippen MR) is 73.5 cm³/mol. The fraction of sp³-hybridized carbons (Fsp3) is 0.571. The first kappa shape index (κ1) is 12.0. The van der Waals surface area contributed by atoms with Crippen LogP contribution in [0, 0.1) is 0 Å². The number of likely N-dealkylation sites (tertiary alicyclic amines) is 1. The zero-order valence-corrected chi connectivity index (χ0v) is 10.9. The van der Waals surface area contributed by atoms with Crippen LogP contribution >= 0.6 is 12.6 Å². The fourth-order valence-electron chi connectivity index (χ4n) is 2.47. The number of nitrogens with zero attached hydrogens (tertiary/aromatic N) is 1. The van der Waals surface area contributed by atoms with Gasteiger partial charge in [0.05, 0.1) is 0 Å². The summed E-state index contributed by atoms with van der Waals surface area (Å²) in [6.45, 7) is 2.48. The molecule has 88 valence electrons. The van der Waals surface area contributed by atoms with Crippen molar-refractivity contribution in [2.24, 2.45) is 0 Å². The number of piperidine rings is 1. The number of hydrogen-bond donors (Lipinski definition) is 1. The normalized spacial score (nSPS) is 18.9. The van der Waals surface area contributed by atoms with Gasteiger partial charge in [0.15, 0.2) is 0 Å². The Hall–Kier alpha value is -0.470. The van der Waals surface area contributed by atoms with E-state index in [0.29, 0.717) is 0 Å². The lowest BCUT2D eigenvalue weighted by molar-refractivity contribution is 0.255. The molecule has 1 aliphatic rings. The van der Waals surface area contributed by atoms with E-state index in [1.54, 1.807) is 0 Å². The molecule has 1 aliphatic heterocycles. The minimum absolute atomic E-state index is 0.774. The molecule has 1 fully saturated rings. The molecule has 0 radical (unpaired) electrons. The summed E-state index contributed by atoms with van der Waals surface area (Å²) < 4.78 is 0. The van der Waals surface area contributed by atoms with Gasteiger partial charge in [0.1, 0.15) is 0 Å². The maximum atomic E-state index is 4.30. The van der Waals surface area contributed by atoms with E-state index in [2.05, 4.69) is 48.8 Å². The molecule has 0 aromatic heterocycles. The minimum atomic E-state index is 0.774. The molecule has 1 aromatic rings. The summed E-state index contributed by atoms with van der Waals surface area (Å²) in [5.74, 6) is 1.72. The molecular weight excluding hydrogens is 214 g/mol. The van der Waals surface area contributed by atoms with Crippen molar-refractivity contribution < 1.29 is 0 Å². The first-order chi connectivity index (χ1) is 7.79. The SMILES string of the molecule is CN1CCC(c2cccc(CCS)c2)CC1. The monoisotopic (exact) mass is 235 g/mol. The van der Waals surface area contributed by atoms with Gasteiger partial charge in [-0.3, -0.25) is 0 Å². The Kier molecular flexibility index (Phi) is 4.30. The molecule has 2 heteroatoms. The smallest absolute Gasteiger partial charge is 0.00159 e. The molecule has 2 rings (SSSR count). The summed E-state index contributed by atoms with van der Waals surface area (Å²) in [6.07, 6.45) is 3.70. The topological polar surface area (TPSA) is 3.24 Å². The molecule has 0 spiro atoms. The van der Waals surface area contributed by atoms with Crippen LogP contribution in [0.2, 0.25) is 0 Å². The molecule has 1 heterocycles. The number of aryl methyl sites for hydroxylation is 1. The van der Waals surface area contributed by atoms with E-state index < -0.39 is 0 Å². The Balaban J connectivity index is 2.05. The van der Waals surface area contributed by atoms with E-state index >= 15 is 0 Å². The molecule has 0 N–H and O–H groups in total. The summed E-state index contributed by atoms with van der Waals surface area (Å²) in [6, 6.07) is 9.09. The summed E-state index contributed by atoms with van der Waals surface area (Å²) >= 11 is 4.30. The van der Waals surface area contributed by atoms with Gasteiger partial charge in [-0.2, -0.15) is 12.6 Å². The first-order valence-electron chi connectivity index (χ1n) is 6.18. The van der Waals surface area contributed by atoms with Gasteiger partial charge in [-0.1, -0.05) is 24.3 Å². The molecule has 0 atom stereocenters. The highest BCUT2D eigenvalue weighted by atomic mass is 32.1. The Morgan fingerprint density at radius 2 is 2.06 bits per heavy atom. The lowest BCUT2D eigenvalue weighted by atomic mass is 9.88. The van der Waals surface area contributed by atoms with Crippen molar-refractivity contribution in [3.8, 4) is 0 Å². The quantitative estimate of drug-likeness (QED) is 0.788. The second kappa shape index (κ2) is 5.74. The van der Waals surface area contributed by atoms with Crippen LogP contribution in [0.1, 0.15) is 29.9 Å². The highest BCUT2D eigenvalue weighted by molar-refractivity contribution is 7.80. The molecule has 1 saturated heterocycles. The summed E-state index contributed by atoms with van der Waals surface area (Å²) in [7, 11) is 2.22. The van der Waals surface area contributed by atoms with E-state index in [4.69, 9.17) is 0 Å². The molecule has 0 bridgehead atoms. The van der Waals surface area contributed by atoms with Gasteiger partial charge in [0.25, 0.3) is 0 Å². The average Bonchev–Trinajstić information content (AvgIpc) is 2.31. The maximum Gasteiger partial charge on any atom is -0.00159 e. The molecular formula is C14H21NS. The Bertz CT molecular complexity index is 329. The largest absolute Gasteiger partial charge is 0.306 e. The number of hydrogen-bond acceptors (Lipinski definition) is 2. The highest BCUT2D eigenvalue weighted by Crippen LogP contribution is 2.27. The van der Waals surface area contributed by atoms with Gasteiger partial charge in [-0.25, -0.2) is 0 Å². The van der Waals surface area contributed by atoms with Crippen molar-refractivity contribution in [1.82, 2.24) is 4.90 Å². The molecule has 0 saturated carbocycles. The Morgan fingerprint density at radius 1 is 1.31 bits per heavy atom. The second-order valence-electron chi connectivity index (χ2n) is 4.80. The third kappa shape index (κ3) is 3.02. The van der Waals surface area contributed by atoms with Crippen molar-refractivity contribution in [2.75, 3.05) is 25.9 Å². The van der Waals surface area contributed by atoms with Gasteiger partial charge < -0.3 is 4.90 Å². The Labute approximate surface area is 104 Å². The molecule has 1 nitrogen and oxygen atoms in total.